The molecular formula is C22H27N5O2. The SMILES string of the molecule is CN(C)CCn1nc([C@H]2CCN(C(=O)COc3ccccc3)C2)c2cccnc21. The van der Waals surface area contributed by atoms with Gasteiger partial charge in [-0.1, -0.05) is 18.2 Å². The van der Waals surface area contributed by atoms with Crippen molar-refractivity contribution in [3.05, 3.63) is 54.4 Å². The molecular weight excluding hydrogens is 366 g/mol. The predicted molar refractivity (Wildman–Crippen MR) is 112 cm³/mol. The van der Waals surface area contributed by atoms with Crippen LogP contribution in [0.2, 0.25) is 0 Å². The smallest absolute Gasteiger partial charge is 0.260 e. The summed E-state index contributed by atoms with van der Waals surface area (Å²) >= 11 is 0. The van der Waals surface area contributed by atoms with Crippen LogP contribution in [0.3, 0.4) is 0 Å². The van der Waals surface area contributed by atoms with Crippen molar-refractivity contribution in [2.45, 2.75) is 18.9 Å². The van der Waals surface area contributed by atoms with Crippen LogP contribution in [-0.2, 0) is 11.3 Å². The molecule has 7 nitrogen and oxygen atoms in total. The van der Waals surface area contributed by atoms with Crippen molar-refractivity contribution in [1.82, 2.24) is 24.6 Å². The van der Waals surface area contributed by atoms with Crippen LogP contribution in [0.5, 0.6) is 5.75 Å². The van der Waals surface area contributed by atoms with Crippen molar-refractivity contribution >= 4 is 16.9 Å². The topological polar surface area (TPSA) is 63.5 Å². The van der Waals surface area contributed by atoms with Gasteiger partial charge in [0.25, 0.3) is 5.91 Å². The highest BCUT2D eigenvalue weighted by atomic mass is 16.5. The molecule has 0 spiro atoms. The van der Waals surface area contributed by atoms with Gasteiger partial charge >= 0.3 is 0 Å². The number of aromatic nitrogens is 3. The number of carbonyl (C=O) groups is 1. The van der Waals surface area contributed by atoms with E-state index >= 15 is 0 Å². The number of likely N-dealkylation sites (tertiary alicyclic amines) is 1. The number of likely N-dealkylation sites (N-methyl/N-ethyl adjacent to an activating group) is 1. The second-order valence-corrected chi connectivity index (χ2v) is 7.71. The zero-order chi connectivity index (χ0) is 20.2. The van der Waals surface area contributed by atoms with E-state index in [1.54, 1.807) is 0 Å². The number of para-hydroxylation sites is 1. The van der Waals surface area contributed by atoms with Gasteiger partial charge in [-0.3, -0.25) is 4.79 Å². The van der Waals surface area contributed by atoms with Gasteiger partial charge in [-0.25, -0.2) is 9.67 Å². The Balaban J connectivity index is 1.44. The molecule has 0 N–H and O–H groups in total. The summed E-state index contributed by atoms with van der Waals surface area (Å²) in [5, 5.41) is 5.98. The standard InChI is InChI=1S/C22H27N5O2/c1-25(2)13-14-27-22-19(9-6-11-23-22)21(24-27)17-10-12-26(15-17)20(28)16-29-18-7-4-3-5-8-18/h3-9,11,17H,10,12-16H2,1-2H3/t17-/m0/s1. The number of nitrogens with zero attached hydrogens (tertiary/aromatic N) is 5. The molecule has 1 fully saturated rings. The minimum absolute atomic E-state index is 0.0193. The Bertz CT molecular complexity index is 970. The third kappa shape index (κ3) is 4.40. The van der Waals surface area contributed by atoms with Crippen LogP contribution in [0.15, 0.2) is 48.7 Å². The van der Waals surface area contributed by atoms with Crippen molar-refractivity contribution in [3.8, 4) is 5.75 Å². The Labute approximate surface area is 170 Å². The molecule has 4 rings (SSSR count). The van der Waals surface area contributed by atoms with Crippen molar-refractivity contribution in [1.29, 1.82) is 0 Å². The molecule has 1 aliphatic heterocycles. The van der Waals surface area contributed by atoms with Crippen LogP contribution in [0.4, 0.5) is 0 Å². The molecule has 3 heterocycles. The fraction of sp³-hybridized carbons (Fsp3) is 0.409. The van der Waals surface area contributed by atoms with E-state index in [2.05, 4.69) is 30.0 Å². The van der Waals surface area contributed by atoms with E-state index in [0.29, 0.717) is 12.3 Å². The molecule has 0 bridgehead atoms. The van der Waals surface area contributed by atoms with Gasteiger partial charge < -0.3 is 14.5 Å². The van der Waals surface area contributed by atoms with E-state index in [-0.39, 0.29) is 18.4 Å². The van der Waals surface area contributed by atoms with Crippen molar-refractivity contribution in [3.63, 3.8) is 0 Å². The number of pyridine rings is 1. The van der Waals surface area contributed by atoms with E-state index in [1.165, 1.54) is 0 Å². The quantitative estimate of drug-likeness (QED) is 0.617. The first-order valence-electron chi connectivity index (χ1n) is 10.0. The highest BCUT2D eigenvalue weighted by molar-refractivity contribution is 5.80. The molecule has 0 unspecified atom stereocenters. The Morgan fingerprint density at radius 2 is 2.03 bits per heavy atom. The van der Waals surface area contributed by atoms with Crippen molar-refractivity contribution in [2.75, 3.05) is 40.3 Å². The molecule has 1 saturated heterocycles. The molecule has 1 aliphatic rings. The van der Waals surface area contributed by atoms with Crippen LogP contribution in [0.25, 0.3) is 11.0 Å². The molecule has 3 aromatic rings. The summed E-state index contributed by atoms with van der Waals surface area (Å²) in [7, 11) is 4.11. The van der Waals surface area contributed by atoms with Crippen LogP contribution < -0.4 is 4.74 Å². The van der Waals surface area contributed by atoms with Gasteiger partial charge in [-0.15, -0.1) is 0 Å². The Morgan fingerprint density at radius 3 is 2.83 bits per heavy atom. The van der Waals surface area contributed by atoms with E-state index in [9.17, 15) is 4.79 Å². The zero-order valence-corrected chi connectivity index (χ0v) is 17.0. The number of rotatable bonds is 7. The Morgan fingerprint density at radius 1 is 1.21 bits per heavy atom. The number of amides is 1. The lowest BCUT2D eigenvalue weighted by atomic mass is 10.0. The lowest BCUT2D eigenvalue weighted by Gasteiger charge is -2.16. The second kappa shape index (κ2) is 8.61. The molecule has 0 saturated carbocycles. The third-order valence-electron chi connectivity index (χ3n) is 5.33. The van der Waals surface area contributed by atoms with Crippen molar-refractivity contribution < 1.29 is 9.53 Å². The molecule has 29 heavy (non-hydrogen) atoms. The first-order chi connectivity index (χ1) is 14.1. The van der Waals surface area contributed by atoms with Crippen LogP contribution in [-0.4, -0.2) is 70.8 Å². The van der Waals surface area contributed by atoms with Crippen LogP contribution in [0, 0.1) is 0 Å². The third-order valence-corrected chi connectivity index (χ3v) is 5.33. The summed E-state index contributed by atoms with van der Waals surface area (Å²) in [4.78, 5) is 21.2. The molecule has 0 aliphatic carbocycles. The maximum absolute atomic E-state index is 12.6. The summed E-state index contributed by atoms with van der Waals surface area (Å²) < 4.78 is 7.62. The van der Waals surface area contributed by atoms with Gasteiger partial charge in [0.1, 0.15) is 5.75 Å². The van der Waals surface area contributed by atoms with Gasteiger partial charge in [-0.2, -0.15) is 5.10 Å². The zero-order valence-electron chi connectivity index (χ0n) is 17.0. The first kappa shape index (κ1) is 19.4. The summed E-state index contributed by atoms with van der Waals surface area (Å²) in [5.74, 6) is 0.960. The number of hydrogen-bond donors (Lipinski definition) is 0. The number of ether oxygens (including phenoxy) is 1. The number of carbonyl (C=O) groups excluding carboxylic acids is 1. The largest absolute Gasteiger partial charge is 0.484 e. The fourth-order valence-electron chi connectivity index (χ4n) is 3.75. The highest BCUT2D eigenvalue weighted by Crippen LogP contribution is 2.31. The highest BCUT2D eigenvalue weighted by Gasteiger charge is 2.31. The number of benzene rings is 1. The molecule has 1 aromatic carbocycles. The first-order valence-corrected chi connectivity index (χ1v) is 10.0. The molecule has 7 heteroatoms. The van der Waals surface area contributed by atoms with Crippen LogP contribution >= 0.6 is 0 Å². The maximum Gasteiger partial charge on any atom is 0.260 e. The Kier molecular flexibility index (Phi) is 5.76. The number of fused-ring (bicyclic) bond motifs is 1. The van der Waals surface area contributed by atoms with E-state index in [0.717, 1.165) is 42.8 Å². The van der Waals surface area contributed by atoms with E-state index < -0.39 is 0 Å². The molecule has 2 aromatic heterocycles. The fourth-order valence-corrected chi connectivity index (χ4v) is 3.75. The summed E-state index contributed by atoms with van der Waals surface area (Å²) in [6, 6.07) is 13.5. The minimum atomic E-state index is 0.0193. The van der Waals surface area contributed by atoms with Gasteiger partial charge in [0.05, 0.1) is 12.2 Å². The van der Waals surface area contributed by atoms with E-state index in [1.807, 2.05) is 52.2 Å². The van der Waals surface area contributed by atoms with Gasteiger partial charge in [0.2, 0.25) is 0 Å². The monoisotopic (exact) mass is 393 g/mol. The molecule has 1 amide bonds. The lowest BCUT2D eigenvalue weighted by Crippen LogP contribution is -2.32. The van der Waals surface area contributed by atoms with Gasteiger partial charge in [0.15, 0.2) is 12.3 Å². The van der Waals surface area contributed by atoms with Crippen molar-refractivity contribution in [2.24, 2.45) is 0 Å². The molecule has 0 radical (unpaired) electrons. The average Bonchev–Trinajstić information content (AvgIpc) is 3.36. The Hall–Kier alpha value is -2.93. The maximum atomic E-state index is 12.6. The average molecular weight is 393 g/mol. The second-order valence-electron chi connectivity index (χ2n) is 7.71. The predicted octanol–water partition coefficient (Wildman–Crippen LogP) is 2.39. The van der Waals surface area contributed by atoms with Crippen LogP contribution in [0.1, 0.15) is 18.0 Å². The normalized spacial score (nSPS) is 16.7. The summed E-state index contributed by atoms with van der Waals surface area (Å²) in [6.45, 7) is 3.16. The molecule has 152 valence electrons. The van der Waals surface area contributed by atoms with Gasteiger partial charge in [0, 0.05) is 37.1 Å². The van der Waals surface area contributed by atoms with E-state index in [4.69, 9.17) is 9.84 Å². The summed E-state index contributed by atoms with van der Waals surface area (Å²) in [6.07, 6.45) is 2.72. The molecule has 1 atom stereocenters. The van der Waals surface area contributed by atoms with Gasteiger partial charge in [-0.05, 0) is 44.8 Å². The lowest BCUT2D eigenvalue weighted by molar-refractivity contribution is -0.132. The minimum Gasteiger partial charge on any atom is -0.484 e. The number of hydrogen-bond acceptors (Lipinski definition) is 5. The summed E-state index contributed by atoms with van der Waals surface area (Å²) in [5.41, 5.74) is 1.97.